The number of aliphatic hydroxyl groups excluding tert-OH is 1. The Labute approximate surface area is 91.4 Å². The van der Waals surface area contributed by atoms with E-state index in [9.17, 15) is 0 Å². The summed E-state index contributed by atoms with van der Waals surface area (Å²) in [6.45, 7) is -0.145. The van der Waals surface area contributed by atoms with Crippen LogP contribution in [0.2, 0.25) is 0 Å². The molecule has 0 radical (unpaired) electrons. The van der Waals surface area contributed by atoms with E-state index >= 15 is 0 Å². The van der Waals surface area contributed by atoms with Crippen molar-refractivity contribution < 1.29 is 5.11 Å². The lowest BCUT2D eigenvalue weighted by Crippen LogP contribution is -2.17. The maximum Gasteiger partial charge on any atom is 0.147 e. The van der Waals surface area contributed by atoms with Gasteiger partial charge in [0.1, 0.15) is 5.82 Å². The van der Waals surface area contributed by atoms with E-state index in [0.29, 0.717) is 5.82 Å². The van der Waals surface area contributed by atoms with Crippen molar-refractivity contribution in [2.45, 2.75) is 6.04 Å². The van der Waals surface area contributed by atoms with Gasteiger partial charge >= 0.3 is 0 Å². The van der Waals surface area contributed by atoms with Crippen molar-refractivity contribution in [1.82, 2.24) is 9.97 Å². The summed E-state index contributed by atoms with van der Waals surface area (Å²) in [7, 11) is 0. The molecule has 0 saturated carbocycles. The van der Waals surface area contributed by atoms with Crippen LogP contribution in [-0.2, 0) is 0 Å². The van der Waals surface area contributed by atoms with Gasteiger partial charge in [0.2, 0.25) is 0 Å². The lowest BCUT2D eigenvalue weighted by molar-refractivity contribution is 0.263. The number of thiophene rings is 1. The Balaban J connectivity index is 2.35. The third-order valence-corrected chi connectivity index (χ3v) is 2.87. The Morgan fingerprint density at radius 1 is 1.47 bits per heavy atom. The van der Waals surface area contributed by atoms with Gasteiger partial charge in [-0.2, -0.15) is 0 Å². The summed E-state index contributed by atoms with van der Waals surface area (Å²) in [6.07, 6.45) is 1.66. The maximum atomic E-state index is 8.91. The second-order valence-corrected chi connectivity index (χ2v) is 4.01. The molecule has 2 aromatic rings. The average Bonchev–Trinajstić information content (AvgIpc) is 2.82. The molecule has 78 valence electrons. The lowest BCUT2D eigenvalue weighted by Gasteiger charge is -2.06. The predicted octanol–water partition coefficient (Wildman–Crippen LogP) is 1.20. The van der Waals surface area contributed by atoms with Gasteiger partial charge in [0.15, 0.2) is 0 Å². The highest BCUT2D eigenvalue weighted by Gasteiger charge is 2.09. The minimum atomic E-state index is -0.509. The normalized spacial score (nSPS) is 12.7. The van der Waals surface area contributed by atoms with E-state index in [1.807, 2.05) is 23.6 Å². The number of hydrogen-bond donors (Lipinski definition) is 2. The zero-order chi connectivity index (χ0) is 10.7. The molecule has 0 aromatic carbocycles. The molecule has 0 aliphatic heterocycles. The highest BCUT2D eigenvalue weighted by molar-refractivity contribution is 7.13. The number of hydrogen-bond acceptors (Lipinski definition) is 5. The first-order valence-electron chi connectivity index (χ1n) is 4.54. The number of aliphatic hydroxyl groups is 1. The fourth-order valence-electron chi connectivity index (χ4n) is 1.20. The molecule has 5 heteroatoms. The van der Waals surface area contributed by atoms with E-state index < -0.39 is 6.04 Å². The first kappa shape index (κ1) is 10.2. The summed E-state index contributed by atoms with van der Waals surface area (Å²) in [6, 6.07) is 5.28. The number of nitrogens with two attached hydrogens (primary N) is 1. The zero-order valence-electron chi connectivity index (χ0n) is 8.00. The van der Waals surface area contributed by atoms with Gasteiger partial charge in [-0.15, -0.1) is 11.3 Å². The topological polar surface area (TPSA) is 72.0 Å². The van der Waals surface area contributed by atoms with Crippen molar-refractivity contribution in [3.8, 4) is 10.6 Å². The lowest BCUT2D eigenvalue weighted by atomic mass is 10.3. The van der Waals surface area contributed by atoms with E-state index in [4.69, 9.17) is 10.8 Å². The van der Waals surface area contributed by atoms with E-state index in [1.165, 1.54) is 0 Å². The summed E-state index contributed by atoms with van der Waals surface area (Å²) in [5.41, 5.74) is 6.49. The third kappa shape index (κ3) is 2.20. The van der Waals surface area contributed by atoms with Crippen molar-refractivity contribution >= 4 is 11.3 Å². The van der Waals surface area contributed by atoms with Crippen molar-refractivity contribution in [3.63, 3.8) is 0 Å². The fraction of sp³-hybridized carbons (Fsp3) is 0.200. The number of nitrogens with zero attached hydrogens (tertiary/aromatic N) is 2. The summed E-state index contributed by atoms with van der Waals surface area (Å²) >= 11 is 1.61. The summed E-state index contributed by atoms with van der Waals surface area (Å²) in [4.78, 5) is 9.40. The smallest absolute Gasteiger partial charge is 0.147 e. The number of aromatic nitrogens is 2. The molecule has 0 aliphatic rings. The zero-order valence-corrected chi connectivity index (χ0v) is 8.81. The van der Waals surface area contributed by atoms with Crippen molar-refractivity contribution in [2.75, 3.05) is 6.61 Å². The first-order chi connectivity index (χ1) is 7.31. The summed E-state index contributed by atoms with van der Waals surface area (Å²) in [5.74, 6) is 0.475. The van der Waals surface area contributed by atoms with Crippen LogP contribution in [0.5, 0.6) is 0 Å². The van der Waals surface area contributed by atoms with Crippen molar-refractivity contribution in [2.24, 2.45) is 5.73 Å². The maximum absolute atomic E-state index is 8.91. The molecular formula is C10H11N3OS. The van der Waals surface area contributed by atoms with Crippen LogP contribution in [0.3, 0.4) is 0 Å². The Morgan fingerprint density at radius 2 is 2.33 bits per heavy atom. The van der Waals surface area contributed by atoms with Crippen LogP contribution < -0.4 is 5.73 Å². The van der Waals surface area contributed by atoms with Crippen LogP contribution in [-0.4, -0.2) is 21.7 Å². The molecule has 0 aliphatic carbocycles. The van der Waals surface area contributed by atoms with Crippen LogP contribution in [0.15, 0.2) is 29.8 Å². The standard InChI is InChI=1S/C10H11N3OS/c11-7(6-14)10-12-4-3-8(13-10)9-2-1-5-15-9/h1-5,7,14H,6,11H2. The predicted molar refractivity (Wildman–Crippen MR) is 59.4 cm³/mol. The highest BCUT2D eigenvalue weighted by atomic mass is 32.1. The van der Waals surface area contributed by atoms with Crippen molar-refractivity contribution in [3.05, 3.63) is 35.6 Å². The molecule has 0 bridgehead atoms. The quantitative estimate of drug-likeness (QED) is 0.816. The molecule has 2 aromatic heterocycles. The Morgan fingerprint density at radius 3 is 3.00 bits per heavy atom. The molecule has 2 rings (SSSR count). The SMILES string of the molecule is NC(CO)c1nccc(-c2cccs2)n1. The first-order valence-corrected chi connectivity index (χ1v) is 5.42. The fourth-order valence-corrected chi connectivity index (χ4v) is 1.89. The minimum absolute atomic E-state index is 0.145. The molecule has 0 saturated heterocycles. The second-order valence-electron chi connectivity index (χ2n) is 3.07. The Hall–Kier alpha value is -1.30. The highest BCUT2D eigenvalue weighted by Crippen LogP contribution is 2.22. The third-order valence-electron chi connectivity index (χ3n) is 1.98. The second kappa shape index (κ2) is 4.48. The monoisotopic (exact) mass is 221 g/mol. The average molecular weight is 221 g/mol. The molecule has 0 fully saturated rings. The van der Waals surface area contributed by atoms with Gasteiger partial charge in [0, 0.05) is 6.20 Å². The van der Waals surface area contributed by atoms with Crippen LogP contribution in [0.25, 0.3) is 10.6 Å². The minimum Gasteiger partial charge on any atom is -0.394 e. The van der Waals surface area contributed by atoms with E-state index in [2.05, 4.69) is 9.97 Å². The number of rotatable bonds is 3. The van der Waals surface area contributed by atoms with Gasteiger partial charge in [0.05, 0.1) is 23.2 Å². The van der Waals surface area contributed by atoms with Crippen LogP contribution in [0, 0.1) is 0 Å². The molecule has 1 atom stereocenters. The van der Waals surface area contributed by atoms with Crippen molar-refractivity contribution in [1.29, 1.82) is 0 Å². The molecule has 2 heterocycles. The van der Waals surface area contributed by atoms with E-state index in [0.717, 1.165) is 10.6 Å². The van der Waals surface area contributed by atoms with Crippen LogP contribution >= 0.6 is 11.3 Å². The molecular weight excluding hydrogens is 210 g/mol. The van der Waals surface area contributed by atoms with Gasteiger partial charge in [0.25, 0.3) is 0 Å². The van der Waals surface area contributed by atoms with Crippen LogP contribution in [0.1, 0.15) is 11.9 Å². The summed E-state index contributed by atoms with van der Waals surface area (Å²) < 4.78 is 0. The largest absolute Gasteiger partial charge is 0.394 e. The molecule has 4 nitrogen and oxygen atoms in total. The van der Waals surface area contributed by atoms with E-state index in [-0.39, 0.29) is 6.61 Å². The van der Waals surface area contributed by atoms with Gasteiger partial charge < -0.3 is 10.8 Å². The van der Waals surface area contributed by atoms with Gasteiger partial charge in [-0.25, -0.2) is 9.97 Å². The van der Waals surface area contributed by atoms with Gasteiger partial charge in [-0.1, -0.05) is 6.07 Å². The van der Waals surface area contributed by atoms with Crippen LogP contribution in [0.4, 0.5) is 0 Å². The summed E-state index contributed by atoms with van der Waals surface area (Å²) in [5, 5.41) is 10.9. The molecule has 0 spiro atoms. The molecule has 0 amide bonds. The van der Waals surface area contributed by atoms with Gasteiger partial charge in [-0.3, -0.25) is 0 Å². The Bertz CT molecular complexity index is 430. The molecule has 15 heavy (non-hydrogen) atoms. The Kier molecular flexibility index (Phi) is 3.05. The molecule has 3 N–H and O–H groups in total. The molecule has 1 unspecified atom stereocenters. The van der Waals surface area contributed by atoms with Gasteiger partial charge in [-0.05, 0) is 17.5 Å². The van der Waals surface area contributed by atoms with E-state index in [1.54, 1.807) is 17.5 Å².